The highest BCUT2D eigenvalue weighted by atomic mass is 16.7. The van der Waals surface area contributed by atoms with Crippen LogP contribution in [0.15, 0.2) is 0 Å². The summed E-state index contributed by atoms with van der Waals surface area (Å²) < 4.78 is 23.0. The second kappa shape index (κ2) is 28.2. The Morgan fingerprint density at radius 1 is 0.702 bits per heavy atom. The Morgan fingerprint density at radius 3 is 1.58 bits per heavy atom. The smallest absolute Gasteiger partial charge is 0.220 e. The second-order valence-electron chi connectivity index (χ2n) is 13.1. The van der Waals surface area contributed by atoms with Crippen LogP contribution in [0.25, 0.3) is 0 Å². The standard InChI is InChI=1S/C23H45N5O13.4C2H4O2/c24-4-10-15(33)17(35)18(36)23(38-10)40-20-8(26)3-9(28-12(31)2-1-7(25)5-29)21(19(20)37)41-22-16(34)13(27)14(32)11(6-30)39-22;4*1-2(3)4/h7-11,13-23,29-30,32-37H,1-6,24-27H2,(H,28,31);4*1H3,(H,3,4)/t7-,8+,9-,10-,11+,13-,14+,15-,16+,17+,18-,19+,20-,21+,22+,23-;;;;/m1..../s1. The van der Waals surface area contributed by atoms with Gasteiger partial charge in [-0.25, -0.2) is 0 Å². The van der Waals surface area contributed by atoms with Gasteiger partial charge in [-0.2, -0.15) is 0 Å². The van der Waals surface area contributed by atoms with Crippen molar-refractivity contribution in [3.05, 3.63) is 0 Å². The van der Waals surface area contributed by atoms with Gasteiger partial charge in [-0.1, -0.05) is 0 Å². The maximum absolute atomic E-state index is 12.7. The summed E-state index contributed by atoms with van der Waals surface area (Å²) in [6.07, 6.45) is -16.1. The molecular formula is C31H61N5O21. The molecule has 0 aromatic carbocycles. The Morgan fingerprint density at radius 2 is 1.14 bits per heavy atom. The maximum atomic E-state index is 12.7. The Bertz CT molecular complexity index is 1140. The average molecular weight is 840 g/mol. The van der Waals surface area contributed by atoms with Crippen LogP contribution in [0.1, 0.15) is 47.0 Å². The van der Waals surface area contributed by atoms with Crippen molar-refractivity contribution in [3.8, 4) is 0 Å². The van der Waals surface area contributed by atoms with Crippen LogP contribution >= 0.6 is 0 Å². The lowest BCUT2D eigenvalue weighted by molar-refractivity contribution is -0.494. The molecule has 26 heteroatoms. The van der Waals surface area contributed by atoms with Gasteiger partial charge in [0.15, 0.2) is 18.7 Å². The molecule has 0 unspecified atom stereocenters. The van der Waals surface area contributed by atoms with Gasteiger partial charge in [0, 0.05) is 43.1 Å². The van der Waals surface area contributed by atoms with Crippen LogP contribution in [0, 0.1) is 0 Å². The van der Waals surface area contributed by atoms with Crippen LogP contribution in [0.4, 0.5) is 0 Å². The number of ether oxygens (including phenoxy) is 4. The fourth-order valence-electron chi connectivity index (χ4n) is 5.37. The van der Waals surface area contributed by atoms with Gasteiger partial charge < -0.3 is 128 Å². The zero-order valence-corrected chi connectivity index (χ0v) is 32.2. The third kappa shape index (κ3) is 21.3. The molecule has 1 aliphatic carbocycles. The number of aliphatic hydroxyl groups is 8. The number of rotatable bonds is 11. The van der Waals surface area contributed by atoms with E-state index in [2.05, 4.69) is 28.3 Å². The van der Waals surface area contributed by atoms with Gasteiger partial charge >= 0.3 is 0 Å². The fraction of sp³-hybridized carbons (Fsp3) is 0.839. The van der Waals surface area contributed by atoms with E-state index in [0.29, 0.717) is 6.42 Å². The van der Waals surface area contributed by atoms with Crippen molar-refractivity contribution in [2.45, 2.75) is 145 Å². The van der Waals surface area contributed by atoms with Crippen molar-refractivity contribution in [2.75, 3.05) is 19.8 Å². The van der Waals surface area contributed by atoms with Crippen LogP contribution in [0.2, 0.25) is 0 Å². The van der Waals surface area contributed by atoms with Crippen molar-refractivity contribution in [2.24, 2.45) is 0 Å². The topological polar surface area (TPSA) is 499 Å². The Hall–Kier alpha value is -3.29. The summed E-state index contributed by atoms with van der Waals surface area (Å²) in [4.78, 5) is 48.3. The number of amides is 1. The van der Waals surface area contributed by atoms with E-state index in [4.69, 9.17) is 58.6 Å². The van der Waals surface area contributed by atoms with Crippen molar-refractivity contribution in [1.82, 2.24) is 5.32 Å². The van der Waals surface area contributed by atoms with Crippen LogP contribution in [-0.2, 0) is 42.9 Å². The van der Waals surface area contributed by atoms with Gasteiger partial charge in [0.25, 0.3) is 0 Å². The first-order valence-corrected chi connectivity index (χ1v) is 17.5. The number of aliphatic carboxylic acids is 4. The van der Waals surface area contributed by atoms with E-state index in [1.54, 1.807) is 0 Å². The molecule has 0 aromatic rings. The highest BCUT2D eigenvalue weighted by molar-refractivity contribution is 5.76. The van der Waals surface area contributed by atoms with E-state index in [1.807, 2.05) is 0 Å². The molecule has 0 spiro atoms. The number of hydrogen-bond acceptors (Lipinski definition) is 21. The molecule has 0 bridgehead atoms. The number of carboxylic acids is 4. The average Bonchev–Trinajstić information content (AvgIpc) is 3.09. The maximum Gasteiger partial charge on any atom is 0.220 e. The quantitative estimate of drug-likeness (QED) is 0.0918. The first-order chi connectivity index (χ1) is 26.3. The van der Waals surface area contributed by atoms with Crippen LogP contribution in [0.3, 0.4) is 0 Å². The number of carbonyl (C=O) groups is 5. The van der Waals surface area contributed by atoms with E-state index in [0.717, 1.165) is 27.7 Å². The lowest BCUT2D eigenvalue weighted by Crippen LogP contribution is -2.80. The Balaban J connectivity index is 0. The van der Waals surface area contributed by atoms with E-state index in [9.17, 15) is 45.6 Å². The number of aliphatic hydroxyl groups excluding tert-OH is 8. The van der Waals surface area contributed by atoms with Crippen LogP contribution < -0.4 is 48.7 Å². The van der Waals surface area contributed by atoms with Gasteiger partial charge in [-0.15, -0.1) is 0 Å². The van der Waals surface area contributed by atoms with Crippen LogP contribution in [0.5, 0.6) is 0 Å². The number of quaternary nitrogens is 4. The van der Waals surface area contributed by atoms with E-state index >= 15 is 0 Å². The summed E-state index contributed by atoms with van der Waals surface area (Å²) in [5.41, 5.74) is 15.1. The van der Waals surface area contributed by atoms with E-state index < -0.39 is 128 Å². The first-order valence-electron chi connectivity index (χ1n) is 17.5. The minimum Gasteiger partial charge on any atom is -0.550 e. The molecule has 21 N–H and O–H groups in total. The van der Waals surface area contributed by atoms with Gasteiger partial charge in [0.05, 0.1) is 19.3 Å². The summed E-state index contributed by atoms with van der Waals surface area (Å²) in [6.45, 7) is 3.14. The van der Waals surface area contributed by atoms with Gasteiger partial charge in [-0.3, -0.25) is 4.79 Å². The summed E-state index contributed by atoms with van der Waals surface area (Å²) >= 11 is 0. The third-order valence-electron chi connectivity index (χ3n) is 8.04. The number of nitrogens with one attached hydrogen (secondary N) is 1. The molecule has 57 heavy (non-hydrogen) atoms. The fourth-order valence-corrected chi connectivity index (χ4v) is 5.37. The molecule has 1 amide bonds. The molecule has 1 saturated carbocycles. The first kappa shape index (κ1) is 55.8. The minimum atomic E-state index is -1.67. The number of hydrogen-bond donors (Lipinski definition) is 13. The van der Waals surface area contributed by atoms with Crippen molar-refractivity contribution < 1.29 is 127 Å². The SMILES string of the molecule is CC(=O)[O-].CC(=O)[O-].CC(=O)[O-].CC(=O)[O-].[NH3+]C[C@H]1O[C@H](O[C@H]2[C@H](O)[C@@H](O[C@@H]3O[C@@H](CO)[C@H](O)[C@@H]([NH3+])[C@@H]3O)[C@H](NC(=O)CC[C@@H]([NH3+])CO)C[C@@H]2[NH3+])[C@H](O)[C@@H](O)[C@@H]1O. The van der Waals surface area contributed by atoms with Crippen molar-refractivity contribution in [1.29, 1.82) is 0 Å². The minimum absolute atomic E-state index is 0.0207. The normalized spacial score (nSPS) is 35.0. The summed E-state index contributed by atoms with van der Waals surface area (Å²) in [7, 11) is 0. The molecule has 0 aromatic heterocycles. The zero-order valence-electron chi connectivity index (χ0n) is 32.2. The van der Waals surface area contributed by atoms with E-state index in [-0.39, 0.29) is 32.0 Å². The highest BCUT2D eigenvalue weighted by Crippen LogP contribution is 2.31. The third-order valence-corrected chi connectivity index (χ3v) is 8.04. The molecule has 2 aliphatic heterocycles. The molecule has 3 aliphatic rings. The summed E-state index contributed by atoms with van der Waals surface area (Å²) in [5, 5.41) is 120. The predicted octanol–water partition coefficient (Wildman–Crippen LogP) is -15.9. The van der Waals surface area contributed by atoms with Gasteiger partial charge in [-0.05, 0) is 27.7 Å². The largest absolute Gasteiger partial charge is 0.550 e. The second-order valence-corrected chi connectivity index (χ2v) is 13.1. The molecule has 2 heterocycles. The number of carboxylic acid groups (broad SMARTS) is 4. The predicted molar refractivity (Wildman–Crippen MR) is 174 cm³/mol. The molecule has 2 saturated heterocycles. The Labute approximate surface area is 326 Å². The summed E-state index contributed by atoms with van der Waals surface area (Å²) in [5.74, 6) is -4.75. The molecule has 16 atom stereocenters. The van der Waals surface area contributed by atoms with Crippen molar-refractivity contribution >= 4 is 29.8 Å². The zero-order chi connectivity index (χ0) is 44.9. The van der Waals surface area contributed by atoms with E-state index in [1.165, 1.54) is 0 Å². The van der Waals surface area contributed by atoms with Gasteiger partial charge in [0.1, 0.15) is 79.6 Å². The molecule has 26 nitrogen and oxygen atoms in total. The molecule has 0 radical (unpaired) electrons. The number of carbonyl (C=O) groups excluding carboxylic acids is 5. The highest BCUT2D eigenvalue weighted by Gasteiger charge is 2.54. The van der Waals surface area contributed by atoms with Gasteiger partial charge in [0.2, 0.25) is 5.91 Å². The summed E-state index contributed by atoms with van der Waals surface area (Å²) in [6, 6.07) is -2.97. The lowest BCUT2D eigenvalue weighted by Gasteiger charge is -2.47. The lowest BCUT2D eigenvalue weighted by atomic mass is 9.83. The molecule has 336 valence electrons. The Kier molecular flexibility index (Phi) is 27.6. The molecular weight excluding hydrogens is 778 g/mol. The van der Waals surface area contributed by atoms with Crippen molar-refractivity contribution in [3.63, 3.8) is 0 Å². The molecule has 3 rings (SSSR count). The molecule has 3 fully saturated rings. The monoisotopic (exact) mass is 839 g/mol. The van der Waals surface area contributed by atoms with Crippen LogP contribution in [-0.4, -0.2) is 188 Å².